The lowest BCUT2D eigenvalue weighted by atomic mass is 9.95. The molecule has 2 saturated heterocycles. The first-order valence-electron chi connectivity index (χ1n) is 10.7. The summed E-state index contributed by atoms with van der Waals surface area (Å²) in [6.45, 7) is 5.80. The minimum Gasteiger partial charge on any atom is -0.493 e. The first kappa shape index (κ1) is 23.2. The van der Waals surface area contributed by atoms with Gasteiger partial charge in [0, 0.05) is 42.5 Å². The van der Waals surface area contributed by atoms with Gasteiger partial charge < -0.3 is 25.0 Å². The summed E-state index contributed by atoms with van der Waals surface area (Å²) in [6, 6.07) is 4.32. The van der Waals surface area contributed by atoms with Crippen LogP contribution in [-0.4, -0.2) is 60.2 Å². The van der Waals surface area contributed by atoms with Crippen LogP contribution in [0, 0.1) is 5.92 Å². The summed E-state index contributed by atoms with van der Waals surface area (Å²) in [5, 5.41) is 0.735. The summed E-state index contributed by atoms with van der Waals surface area (Å²) >= 11 is 0. The summed E-state index contributed by atoms with van der Waals surface area (Å²) in [6.07, 6.45) is 3.82. The Hall–Kier alpha value is -2.48. The number of piperidine rings is 1. The van der Waals surface area contributed by atoms with E-state index in [-0.39, 0.29) is 18.3 Å². The van der Waals surface area contributed by atoms with Crippen LogP contribution >= 0.6 is 12.4 Å². The molecule has 2 aliphatic heterocycles. The van der Waals surface area contributed by atoms with Crippen molar-refractivity contribution >= 4 is 41.0 Å². The molecular formula is C22H32ClN5O3. The van der Waals surface area contributed by atoms with Gasteiger partial charge in [-0.05, 0) is 45.6 Å². The minimum absolute atomic E-state index is 0. The fourth-order valence-corrected chi connectivity index (χ4v) is 4.77. The van der Waals surface area contributed by atoms with Crippen LogP contribution in [0.4, 0.5) is 11.8 Å². The molecule has 1 aromatic heterocycles. The lowest BCUT2D eigenvalue weighted by Gasteiger charge is -2.36. The maximum atomic E-state index is 13.1. The maximum absolute atomic E-state index is 13.1. The third-order valence-electron chi connectivity index (χ3n) is 6.55. The number of benzene rings is 1. The number of nitrogen functional groups attached to an aromatic ring is 1. The Bertz CT molecular complexity index is 938. The van der Waals surface area contributed by atoms with Gasteiger partial charge in [0.05, 0.1) is 19.7 Å². The van der Waals surface area contributed by atoms with Crippen LogP contribution < -0.4 is 20.1 Å². The number of nitrogens with zero attached hydrogens (tertiary/aromatic N) is 4. The fourth-order valence-electron chi connectivity index (χ4n) is 4.77. The number of rotatable bonds is 4. The van der Waals surface area contributed by atoms with Crippen LogP contribution in [0.2, 0.25) is 0 Å². The highest BCUT2D eigenvalue weighted by Crippen LogP contribution is 2.35. The average molecular weight is 450 g/mol. The number of carbonyl (C=O) groups is 1. The number of halogens is 1. The zero-order valence-corrected chi connectivity index (χ0v) is 19.4. The highest BCUT2D eigenvalue weighted by Gasteiger charge is 2.36. The van der Waals surface area contributed by atoms with Gasteiger partial charge in [0.25, 0.3) is 0 Å². The molecule has 2 atom stereocenters. The number of ether oxygens (including phenoxy) is 2. The van der Waals surface area contributed by atoms with Crippen molar-refractivity contribution in [3.8, 4) is 11.5 Å². The normalized spacial score (nSPS) is 21.8. The van der Waals surface area contributed by atoms with Crippen molar-refractivity contribution in [3.05, 3.63) is 12.1 Å². The molecule has 170 valence electrons. The lowest BCUT2D eigenvalue weighted by Crippen LogP contribution is -2.46. The van der Waals surface area contributed by atoms with Crippen LogP contribution in [0.25, 0.3) is 10.9 Å². The van der Waals surface area contributed by atoms with Crippen LogP contribution in [0.15, 0.2) is 12.1 Å². The molecule has 1 amide bonds. The molecule has 31 heavy (non-hydrogen) atoms. The second-order valence-electron chi connectivity index (χ2n) is 8.42. The van der Waals surface area contributed by atoms with Crippen molar-refractivity contribution in [2.24, 2.45) is 5.92 Å². The molecule has 9 heteroatoms. The average Bonchev–Trinajstić information content (AvgIpc) is 3.10. The van der Waals surface area contributed by atoms with Gasteiger partial charge in [-0.1, -0.05) is 0 Å². The van der Waals surface area contributed by atoms with Gasteiger partial charge in [0.2, 0.25) is 11.9 Å². The molecule has 3 heterocycles. The van der Waals surface area contributed by atoms with Crippen LogP contribution in [0.1, 0.15) is 39.5 Å². The molecule has 0 radical (unpaired) electrons. The van der Waals surface area contributed by atoms with E-state index in [2.05, 4.69) is 28.6 Å². The molecule has 0 bridgehead atoms. The molecule has 0 spiro atoms. The second-order valence-corrected chi connectivity index (χ2v) is 8.42. The monoisotopic (exact) mass is 449 g/mol. The van der Waals surface area contributed by atoms with Gasteiger partial charge in [0.1, 0.15) is 5.82 Å². The molecule has 1 aromatic carbocycles. The zero-order chi connectivity index (χ0) is 21.4. The number of hydrogen-bond acceptors (Lipinski definition) is 7. The number of amides is 1. The summed E-state index contributed by atoms with van der Waals surface area (Å²) in [4.78, 5) is 26.5. The molecule has 2 unspecified atom stereocenters. The molecule has 2 N–H and O–H groups in total. The smallest absolute Gasteiger partial charge is 0.227 e. The predicted octanol–water partition coefficient (Wildman–Crippen LogP) is 3.27. The number of hydrogen-bond donors (Lipinski definition) is 1. The molecule has 2 aromatic rings. The number of carbonyl (C=O) groups excluding carboxylic acids is 1. The van der Waals surface area contributed by atoms with Crippen molar-refractivity contribution in [3.63, 3.8) is 0 Å². The van der Waals surface area contributed by atoms with E-state index < -0.39 is 0 Å². The van der Waals surface area contributed by atoms with Crippen LogP contribution in [0.5, 0.6) is 11.5 Å². The molecule has 4 rings (SSSR count). The third-order valence-corrected chi connectivity index (χ3v) is 6.55. The third kappa shape index (κ3) is 4.31. The lowest BCUT2D eigenvalue weighted by molar-refractivity contribution is -0.138. The Morgan fingerprint density at radius 3 is 2.16 bits per heavy atom. The predicted molar refractivity (Wildman–Crippen MR) is 124 cm³/mol. The van der Waals surface area contributed by atoms with Gasteiger partial charge >= 0.3 is 0 Å². The van der Waals surface area contributed by atoms with Gasteiger partial charge in [-0.3, -0.25) is 4.79 Å². The van der Waals surface area contributed by atoms with E-state index in [1.165, 1.54) is 0 Å². The van der Waals surface area contributed by atoms with Gasteiger partial charge in [0.15, 0.2) is 11.5 Å². The Kier molecular flexibility index (Phi) is 6.99. The molecule has 0 aliphatic carbocycles. The van der Waals surface area contributed by atoms with Crippen molar-refractivity contribution in [1.29, 1.82) is 0 Å². The van der Waals surface area contributed by atoms with E-state index in [0.717, 1.165) is 44.2 Å². The first-order chi connectivity index (χ1) is 14.4. The SMILES string of the molecule is COc1cc2nc(N3CCC(C(=O)N4C(C)CCC4C)CC3)nc(N)c2cc1OC.Cl. The first-order valence-corrected chi connectivity index (χ1v) is 10.7. The van der Waals surface area contributed by atoms with Crippen molar-refractivity contribution < 1.29 is 14.3 Å². The van der Waals surface area contributed by atoms with Crippen molar-refractivity contribution in [2.45, 2.75) is 51.6 Å². The standard InChI is InChI=1S/C22H31N5O3.ClH/c1-13-5-6-14(2)27(13)21(28)15-7-9-26(10-8-15)22-24-17-12-19(30-4)18(29-3)11-16(17)20(23)25-22;/h11-15H,5-10H2,1-4H3,(H2,23,24,25);1H. The summed E-state index contributed by atoms with van der Waals surface area (Å²) in [7, 11) is 3.18. The topological polar surface area (TPSA) is 93.8 Å². The van der Waals surface area contributed by atoms with E-state index in [0.29, 0.717) is 46.8 Å². The summed E-state index contributed by atoms with van der Waals surface area (Å²) in [5.41, 5.74) is 6.95. The second kappa shape index (κ2) is 9.34. The van der Waals surface area contributed by atoms with E-state index in [1.54, 1.807) is 20.3 Å². The van der Waals surface area contributed by atoms with Gasteiger partial charge in [-0.2, -0.15) is 4.98 Å². The van der Waals surface area contributed by atoms with E-state index in [1.807, 2.05) is 6.07 Å². The Labute approximate surface area is 189 Å². The van der Waals surface area contributed by atoms with Crippen LogP contribution in [-0.2, 0) is 4.79 Å². The van der Waals surface area contributed by atoms with Crippen LogP contribution in [0.3, 0.4) is 0 Å². The molecule has 2 aliphatic rings. The molecular weight excluding hydrogens is 418 g/mol. The summed E-state index contributed by atoms with van der Waals surface area (Å²) in [5.74, 6) is 2.59. The van der Waals surface area contributed by atoms with E-state index >= 15 is 0 Å². The molecule has 0 saturated carbocycles. The molecule has 8 nitrogen and oxygen atoms in total. The van der Waals surface area contributed by atoms with E-state index in [9.17, 15) is 4.79 Å². The maximum Gasteiger partial charge on any atom is 0.227 e. The highest BCUT2D eigenvalue weighted by atomic mass is 35.5. The number of anilines is 2. The number of likely N-dealkylation sites (tertiary alicyclic amines) is 1. The number of aromatic nitrogens is 2. The quantitative estimate of drug-likeness (QED) is 0.765. The number of nitrogens with two attached hydrogens (primary N) is 1. The fraction of sp³-hybridized carbons (Fsp3) is 0.591. The summed E-state index contributed by atoms with van der Waals surface area (Å²) < 4.78 is 10.7. The highest BCUT2D eigenvalue weighted by molar-refractivity contribution is 5.91. The number of methoxy groups -OCH3 is 2. The zero-order valence-electron chi connectivity index (χ0n) is 18.6. The van der Waals surface area contributed by atoms with E-state index in [4.69, 9.17) is 20.2 Å². The Morgan fingerprint density at radius 2 is 1.58 bits per heavy atom. The van der Waals surface area contributed by atoms with Crippen molar-refractivity contribution in [2.75, 3.05) is 37.9 Å². The largest absolute Gasteiger partial charge is 0.493 e. The van der Waals surface area contributed by atoms with Gasteiger partial charge in [-0.25, -0.2) is 4.98 Å². The minimum atomic E-state index is 0. The Balaban J connectivity index is 0.00000272. The molecule has 2 fully saturated rings. The Morgan fingerprint density at radius 1 is 1.00 bits per heavy atom. The van der Waals surface area contributed by atoms with Gasteiger partial charge in [-0.15, -0.1) is 12.4 Å². The van der Waals surface area contributed by atoms with Crippen molar-refractivity contribution in [1.82, 2.24) is 14.9 Å². The number of fused-ring (bicyclic) bond motifs is 1.